The molecule has 29 heavy (non-hydrogen) atoms. The van der Waals surface area contributed by atoms with Gasteiger partial charge in [-0.1, -0.05) is 6.07 Å². The first-order valence-electron chi connectivity index (χ1n) is 10.4. The van der Waals surface area contributed by atoms with E-state index in [4.69, 9.17) is 4.74 Å². The van der Waals surface area contributed by atoms with Crippen molar-refractivity contribution in [2.24, 2.45) is 5.92 Å². The summed E-state index contributed by atoms with van der Waals surface area (Å²) in [6.07, 6.45) is 3.96. The number of hydrogen-bond acceptors (Lipinski definition) is 4. The Balaban J connectivity index is 0.00000240. The van der Waals surface area contributed by atoms with E-state index in [0.717, 1.165) is 44.5 Å². The molecule has 0 bridgehead atoms. The molecule has 4 rings (SSSR count). The lowest BCUT2D eigenvalue weighted by Crippen LogP contribution is -2.60. The molecule has 2 saturated heterocycles. The fraction of sp³-hybridized carbons (Fsp3) is 0.714. The Kier molecular flexibility index (Phi) is 6.57. The van der Waals surface area contributed by atoms with Gasteiger partial charge in [0, 0.05) is 37.3 Å². The maximum atomic E-state index is 13.1. The number of fused-ring (bicyclic) bond motifs is 4. The number of ether oxygens (including phenoxy) is 1. The summed E-state index contributed by atoms with van der Waals surface area (Å²) in [7, 11) is -1.79. The molecule has 3 aliphatic rings. The minimum Gasteiger partial charge on any atom is -0.497 e. The predicted molar refractivity (Wildman–Crippen MR) is 118 cm³/mol. The van der Waals surface area contributed by atoms with Gasteiger partial charge >= 0.3 is 0 Å². The molecule has 3 heterocycles. The lowest BCUT2D eigenvalue weighted by molar-refractivity contribution is 0.0212. The van der Waals surface area contributed by atoms with Crippen LogP contribution in [0.3, 0.4) is 0 Å². The molecule has 3 atom stereocenters. The third-order valence-corrected chi connectivity index (χ3v) is 8.30. The van der Waals surface area contributed by atoms with Gasteiger partial charge in [0.25, 0.3) is 10.2 Å². The van der Waals surface area contributed by atoms with Gasteiger partial charge < -0.3 is 4.74 Å². The molecule has 0 aromatic heterocycles. The average Bonchev–Trinajstić information content (AvgIpc) is 2.63. The van der Waals surface area contributed by atoms with Crippen LogP contribution in [-0.2, 0) is 16.6 Å². The minimum absolute atomic E-state index is 0. The summed E-state index contributed by atoms with van der Waals surface area (Å²) in [4.78, 5) is 2.57. The van der Waals surface area contributed by atoms with Crippen LogP contribution in [0.25, 0.3) is 0 Å². The fourth-order valence-corrected chi connectivity index (χ4v) is 7.14. The molecule has 0 amide bonds. The van der Waals surface area contributed by atoms with Crippen LogP contribution in [-0.4, -0.2) is 55.9 Å². The normalized spacial score (nSPS) is 27.9. The molecular weight excluding hydrogens is 410 g/mol. The second kappa shape index (κ2) is 8.35. The Morgan fingerprint density at radius 2 is 1.97 bits per heavy atom. The average molecular weight is 444 g/mol. The van der Waals surface area contributed by atoms with Gasteiger partial charge in [0.15, 0.2) is 0 Å². The molecule has 0 saturated carbocycles. The van der Waals surface area contributed by atoms with E-state index >= 15 is 0 Å². The first-order chi connectivity index (χ1) is 13.2. The number of hydrogen-bond donors (Lipinski definition) is 1. The molecule has 8 heteroatoms. The second-order valence-corrected chi connectivity index (χ2v) is 11.1. The van der Waals surface area contributed by atoms with Crippen molar-refractivity contribution in [1.82, 2.24) is 13.9 Å². The first kappa shape index (κ1) is 22.8. The topological polar surface area (TPSA) is 61.9 Å². The highest BCUT2D eigenvalue weighted by atomic mass is 35.5. The largest absolute Gasteiger partial charge is 0.497 e. The van der Waals surface area contributed by atoms with Gasteiger partial charge in [-0.3, -0.25) is 4.90 Å². The maximum Gasteiger partial charge on any atom is 0.280 e. The van der Waals surface area contributed by atoms with E-state index in [2.05, 4.69) is 21.8 Å². The Morgan fingerprint density at radius 3 is 2.66 bits per heavy atom. The number of benzene rings is 1. The number of rotatable bonds is 3. The number of nitrogens with zero attached hydrogens (tertiary/aromatic N) is 2. The number of methoxy groups -OCH3 is 1. The highest BCUT2D eigenvalue weighted by Gasteiger charge is 2.46. The van der Waals surface area contributed by atoms with E-state index in [-0.39, 0.29) is 18.4 Å². The lowest BCUT2D eigenvalue weighted by atomic mass is 9.77. The molecule has 1 aromatic rings. The molecule has 1 N–H and O–H groups in total. The van der Waals surface area contributed by atoms with E-state index in [1.54, 1.807) is 11.4 Å². The van der Waals surface area contributed by atoms with Gasteiger partial charge in [0.05, 0.1) is 7.11 Å². The van der Waals surface area contributed by atoms with Crippen LogP contribution in [0.1, 0.15) is 57.2 Å². The fourth-order valence-electron chi connectivity index (χ4n) is 5.26. The summed E-state index contributed by atoms with van der Waals surface area (Å²) in [6.45, 7) is 8.36. The highest BCUT2D eigenvalue weighted by molar-refractivity contribution is 7.87. The molecule has 0 aliphatic carbocycles. The van der Waals surface area contributed by atoms with E-state index in [0.29, 0.717) is 18.5 Å². The Labute approximate surface area is 181 Å². The smallest absolute Gasteiger partial charge is 0.280 e. The van der Waals surface area contributed by atoms with Gasteiger partial charge in [-0.2, -0.15) is 17.4 Å². The highest BCUT2D eigenvalue weighted by Crippen LogP contribution is 2.44. The predicted octanol–water partition coefficient (Wildman–Crippen LogP) is 3.13. The Morgan fingerprint density at radius 1 is 1.21 bits per heavy atom. The summed E-state index contributed by atoms with van der Waals surface area (Å²) >= 11 is 0. The minimum atomic E-state index is -3.49. The van der Waals surface area contributed by atoms with Crippen LogP contribution >= 0.6 is 12.4 Å². The van der Waals surface area contributed by atoms with E-state index < -0.39 is 15.7 Å². The van der Waals surface area contributed by atoms with Gasteiger partial charge in [-0.05, 0) is 75.6 Å². The molecule has 164 valence electrons. The molecule has 3 aliphatic heterocycles. The molecule has 6 nitrogen and oxygen atoms in total. The molecule has 0 unspecified atom stereocenters. The van der Waals surface area contributed by atoms with Crippen LogP contribution in [0.4, 0.5) is 0 Å². The Bertz CT molecular complexity index is 840. The van der Waals surface area contributed by atoms with Crippen molar-refractivity contribution >= 4 is 22.6 Å². The van der Waals surface area contributed by atoms with Crippen molar-refractivity contribution in [3.63, 3.8) is 0 Å². The van der Waals surface area contributed by atoms with Crippen molar-refractivity contribution < 1.29 is 13.2 Å². The van der Waals surface area contributed by atoms with Crippen molar-refractivity contribution in [2.75, 3.05) is 26.7 Å². The quantitative estimate of drug-likeness (QED) is 0.779. The van der Waals surface area contributed by atoms with Crippen LogP contribution in [0.2, 0.25) is 0 Å². The summed E-state index contributed by atoms with van der Waals surface area (Å²) < 4.78 is 36.3. The zero-order chi connectivity index (χ0) is 20.1. The van der Waals surface area contributed by atoms with Gasteiger partial charge in [0.2, 0.25) is 0 Å². The van der Waals surface area contributed by atoms with Crippen LogP contribution in [0.5, 0.6) is 5.75 Å². The second-order valence-electron chi connectivity index (χ2n) is 9.50. The molecular formula is C21H34ClN3O3S. The van der Waals surface area contributed by atoms with Gasteiger partial charge in [-0.15, -0.1) is 12.4 Å². The summed E-state index contributed by atoms with van der Waals surface area (Å²) in [5.41, 5.74) is 2.22. The van der Waals surface area contributed by atoms with Crippen molar-refractivity contribution in [2.45, 2.75) is 64.1 Å². The SMILES string of the molecule is COc1ccc2c(c1)CCN1C[C@H]3CCCN(S(=O)(=O)NC(C)(C)C)[C@H]3C[C@@H]21.Cl. The van der Waals surface area contributed by atoms with Gasteiger partial charge in [0.1, 0.15) is 5.75 Å². The molecule has 0 spiro atoms. The maximum absolute atomic E-state index is 13.1. The first-order valence-corrected chi connectivity index (χ1v) is 11.8. The van der Waals surface area contributed by atoms with E-state index in [9.17, 15) is 8.42 Å². The Hall–Kier alpha value is -0.860. The number of piperidine rings is 2. The summed E-state index contributed by atoms with van der Waals surface area (Å²) in [6, 6.07) is 6.73. The van der Waals surface area contributed by atoms with Crippen LogP contribution in [0, 0.1) is 5.92 Å². The number of halogens is 1. The third-order valence-electron chi connectivity index (χ3n) is 6.36. The van der Waals surface area contributed by atoms with Crippen LogP contribution < -0.4 is 9.46 Å². The summed E-state index contributed by atoms with van der Waals surface area (Å²) in [5, 5.41) is 0. The molecule has 2 fully saturated rings. The van der Waals surface area contributed by atoms with Crippen molar-refractivity contribution in [3.05, 3.63) is 29.3 Å². The number of nitrogens with one attached hydrogen (secondary N) is 1. The van der Waals surface area contributed by atoms with Crippen molar-refractivity contribution in [3.8, 4) is 5.75 Å². The van der Waals surface area contributed by atoms with E-state index in [1.165, 1.54) is 11.1 Å². The van der Waals surface area contributed by atoms with E-state index in [1.807, 2.05) is 26.8 Å². The van der Waals surface area contributed by atoms with Gasteiger partial charge in [-0.25, -0.2) is 0 Å². The molecule has 0 radical (unpaired) electrons. The van der Waals surface area contributed by atoms with Crippen LogP contribution in [0.15, 0.2) is 18.2 Å². The zero-order valence-electron chi connectivity index (χ0n) is 17.8. The van der Waals surface area contributed by atoms with Crippen molar-refractivity contribution in [1.29, 1.82) is 0 Å². The standard InChI is InChI=1S/C21H33N3O3S.ClH/c1-21(2,3)22-28(25,26)24-10-5-6-16-14-23-11-9-15-12-17(27-4)7-8-18(15)20(23)13-19(16)24;/h7-8,12,16,19-20,22H,5-6,9-11,13-14H2,1-4H3;1H/t16-,19+,20+;/m1./s1. The molecule has 1 aromatic carbocycles. The third kappa shape index (κ3) is 4.59. The zero-order valence-corrected chi connectivity index (χ0v) is 19.5. The lowest BCUT2D eigenvalue weighted by Gasteiger charge is -2.52. The summed E-state index contributed by atoms with van der Waals surface area (Å²) in [5.74, 6) is 1.32. The monoisotopic (exact) mass is 443 g/mol.